The predicted octanol–water partition coefficient (Wildman–Crippen LogP) is 4.71. The van der Waals surface area contributed by atoms with Gasteiger partial charge in [0, 0.05) is 29.1 Å². The van der Waals surface area contributed by atoms with Crippen LogP contribution in [0, 0.1) is 18.8 Å². The van der Waals surface area contributed by atoms with Crippen LogP contribution in [0.15, 0.2) is 48.5 Å². The molecule has 0 heterocycles. The summed E-state index contributed by atoms with van der Waals surface area (Å²) in [4.78, 5) is 24.8. The van der Waals surface area contributed by atoms with E-state index in [-0.39, 0.29) is 23.7 Å². The molecule has 5 heteroatoms. The summed E-state index contributed by atoms with van der Waals surface area (Å²) in [6, 6.07) is 15.3. The van der Waals surface area contributed by atoms with Crippen molar-refractivity contribution in [3.8, 4) is 0 Å². The summed E-state index contributed by atoms with van der Waals surface area (Å²) < 4.78 is 0. The SMILES string of the molecule is Cc1ccc(CNC(=O)C2CCC(C(=O)Nc3ccc(Cl)cc3)CC2)cc1. The van der Waals surface area contributed by atoms with Crippen LogP contribution in [0.3, 0.4) is 0 Å². The van der Waals surface area contributed by atoms with Gasteiger partial charge in [0.05, 0.1) is 0 Å². The van der Waals surface area contributed by atoms with Gasteiger partial charge in [-0.2, -0.15) is 0 Å². The number of rotatable bonds is 5. The molecule has 27 heavy (non-hydrogen) atoms. The minimum atomic E-state index is -0.0400. The van der Waals surface area contributed by atoms with Gasteiger partial charge in [-0.25, -0.2) is 0 Å². The fraction of sp³-hybridized carbons (Fsp3) is 0.364. The molecular formula is C22H25ClN2O2. The number of carbonyl (C=O) groups is 2. The number of anilines is 1. The summed E-state index contributed by atoms with van der Waals surface area (Å²) in [7, 11) is 0. The summed E-state index contributed by atoms with van der Waals surface area (Å²) in [5.41, 5.74) is 3.06. The van der Waals surface area contributed by atoms with E-state index in [0.717, 1.165) is 36.9 Å². The third-order valence-electron chi connectivity index (χ3n) is 5.17. The van der Waals surface area contributed by atoms with Gasteiger partial charge in [-0.3, -0.25) is 9.59 Å². The normalized spacial score (nSPS) is 19.3. The van der Waals surface area contributed by atoms with Gasteiger partial charge in [-0.05, 0) is 62.4 Å². The molecule has 0 aromatic heterocycles. The third kappa shape index (κ3) is 5.57. The van der Waals surface area contributed by atoms with Crippen LogP contribution in [0.5, 0.6) is 0 Å². The highest BCUT2D eigenvalue weighted by Gasteiger charge is 2.29. The fourth-order valence-electron chi connectivity index (χ4n) is 3.43. The van der Waals surface area contributed by atoms with Crippen molar-refractivity contribution in [1.29, 1.82) is 0 Å². The number of halogens is 1. The maximum absolute atomic E-state index is 12.4. The van der Waals surface area contributed by atoms with E-state index in [1.54, 1.807) is 24.3 Å². The second-order valence-corrected chi connectivity index (χ2v) is 7.68. The number of aryl methyl sites for hydroxylation is 1. The quantitative estimate of drug-likeness (QED) is 0.784. The number of carbonyl (C=O) groups excluding carboxylic acids is 2. The lowest BCUT2D eigenvalue weighted by Crippen LogP contribution is -2.35. The Hall–Kier alpha value is -2.33. The monoisotopic (exact) mass is 384 g/mol. The molecule has 1 fully saturated rings. The summed E-state index contributed by atoms with van der Waals surface area (Å²) in [6.07, 6.45) is 2.97. The standard InChI is InChI=1S/C22H25ClN2O2/c1-15-2-4-16(5-3-15)14-24-21(26)17-6-8-18(9-7-17)22(27)25-20-12-10-19(23)11-13-20/h2-5,10-13,17-18H,6-9,14H2,1H3,(H,24,26)(H,25,27). The van der Waals surface area contributed by atoms with Crippen LogP contribution in [0.1, 0.15) is 36.8 Å². The molecule has 2 N–H and O–H groups in total. The van der Waals surface area contributed by atoms with Gasteiger partial charge in [-0.1, -0.05) is 41.4 Å². The predicted molar refractivity (Wildman–Crippen MR) is 109 cm³/mol. The van der Waals surface area contributed by atoms with Crippen molar-refractivity contribution >= 4 is 29.1 Å². The van der Waals surface area contributed by atoms with Crippen LogP contribution in [0.4, 0.5) is 5.69 Å². The zero-order chi connectivity index (χ0) is 19.2. The van der Waals surface area contributed by atoms with Crippen LogP contribution >= 0.6 is 11.6 Å². The summed E-state index contributed by atoms with van der Waals surface area (Å²) in [5.74, 6) is 0.0693. The Morgan fingerprint density at radius 2 is 1.44 bits per heavy atom. The highest BCUT2D eigenvalue weighted by molar-refractivity contribution is 6.30. The van der Waals surface area contributed by atoms with Crippen LogP contribution < -0.4 is 10.6 Å². The van der Waals surface area contributed by atoms with Crippen molar-refractivity contribution in [2.45, 2.75) is 39.2 Å². The van der Waals surface area contributed by atoms with E-state index >= 15 is 0 Å². The minimum absolute atomic E-state index is 0.00460. The van der Waals surface area contributed by atoms with Crippen molar-refractivity contribution in [3.63, 3.8) is 0 Å². The molecule has 0 unspecified atom stereocenters. The van der Waals surface area contributed by atoms with Crippen molar-refractivity contribution in [2.75, 3.05) is 5.32 Å². The number of benzene rings is 2. The maximum Gasteiger partial charge on any atom is 0.227 e. The molecule has 2 aromatic rings. The molecule has 0 bridgehead atoms. The van der Waals surface area contributed by atoms with E-state index in [1.165, 1.54) is 5.56 Å². The number of amides is 2. The van der Waals surface area contributed by atoms with Gasteiger partial charge >= 0.3 is 0 Å². The van der Waals surface area contributed by atoms with E-state index in [0.29, 0.717) is 11.6 Å². The van der Waals surface area contributed by atoms with Gasteiger partial charge in [0.25, 0.3) is 0 Å². The van der Waals surface area contributed by atoms with Gasteiger partial charge in [0.1, 0.15) is 0 Å². The van der Waals surface area contributed by atoms with Gasteiger partial charge in [-0.15, -0.1) is 0 Å². The molecule has 2 aromatic carbocycles. The molecule has 3 rings (SSSR count). The summed E-state index contributed by atoms with van der Waals surface area (Å²) in [5, 5.41) is 6.60. The molecule has 0 saturated heterocycles. The first kappa shape index (κ1) is 19.4. The van der Waals surface area contributed by atoms with Crippen molar-refractivity contribution in [1.82, 2.24) is 5.32 Å². The van der Waals surface area contributed by atoms with E-state index in [2.05, 4.69) is 10.6 Å². The number of nitrogens with one attached hydrogen (secondary N) is 2. The van der Waals surface area contributed by atoms with Gasteiger partial charge in [0.2, 0.25) is 11.8 Å². The molecular weight excluding hydrogens is 360 g/mol. The molecule has 0 radical (unpaired) electrons. The molecule has 1 aliphatic rings. The van der Waals surface area contributed by atoms with E-state index in [9.17, 15) is 9.59 Å². The van der Waals surface area contributed by atoms with Crippen molar-refractivity contribution in [3.05, 3.63) is 64.7 Å². The largest absolute Gasteiger partial charge is 0.352 e. The summed E-state index contributed by atoms with van der Waals surface area (Å²) >= 11 is 5.86. The zero-order valence-corrected chi connectivity index (χ0v) is 16.3. The fourth-order valence-corrected chi connectivity index (χ4v) is 3.56. The van der Waals surface area contributed by atoms with Crippen molar-refractivity contribution in [2.24, 2.45) is 11.8 Å². The molecule has 142 valence electrons. The Bertz CT molecular complexity index is 779. The zero-order valence-electron chi connectivity index (χ0n) is 15.5. The Labute approximate surface area is 165 Å². The average Bonchev–Trinajstić information content (AvgIpc) is 2.69. The Morgan fingerprint density at radius 1 is 0.889 bits per heavy atom. The van der Waals surface area contributed by atoms with E-state index in [1.807, 2.05) is 31.2 Å². The first-order valence-corrected chi connectivity index (χ1v) is 9.79. The highest BCUT2D eigenvalue weighted by Crippen LogP contribution is 2.30. The molecule has 0 spiro atoms. The molecule has 4 nitrogen and oxygen atoms in total. The second-order valence-electron chi connectivity index (χ2n) is 7.25. The molecule has 2 amide bonds. The Morgan fingerprint density at radius 3 is 2.04 bits per heavy atom. The first-order chi connectivity index (χ1) is 13.0. The summed E-state index contributed by atoms with van der Waals surface area (Å²) in [6.45, 7) is 2.60. The average molecular weight is 385 g/mol. The van der Waals surface area contributed by atoms with Crippen LogP contribution in [-0.4, -0.2) is 11.8 Å². The molecule has 0 aliphatic heterocycles. The third-order valence-corrected chi connectivity index (χ3v) is 5.42. The van der Waals surface area contributed by atoms with Crippen molar-refractivity contribution < 1.29 is 9.59 Å². The number of hydrogen-bond acceptors (Lipinski definition) is 2. The number of hydrogen-bond donors (Lipinski definition) is 2. The van der Waals surface area contributed by atoms with Crippen LogP contribution in [0.2, 0.25) is 5.02 Å². The smallest absolute Gasteiger partial charge is 0.227 e. The Kier molecular flexibility index (Phi) is 6.51. The van der Waals surface area contributed by atoms with E-state index in [4.69, 9.17) is 11.6 Å². The first-order valence-electron chi connectivity index (χ1n) is 9.41. The molecule has 1 saturated carbocycles. The van der Waals surface area contributed by atoms with Crippen LogP contribution in [-0.2, 0) is 16.1 Å². The van der Waals surface area contributed by atoms with Gasteiger partial charge in [0.15, 0.2) is 0 Å². The van der Waals surface area contributed by atoms with Gasteiger partial charge < -0.3 is 10.6 Å². The highest BCUT2D eigenvalue weighted by atomic mass is 35.5. The second kappa shape index (κ2) is 9.05. The molecule has 0 atom stereocenters. The van der Waals surface area contributed by atoms with Crippen LogP contribution in [0.25, 0.3) is 0 Å². The lowest BCUT2D eigenvalue weighted by Gasteiger charge is -2.27. The Balaban J connectivity index is 1.43. The molecule has 1 aliphatic carbocycles. The maximum atomic E-state index is 12.4. The minimum Gasteiger partial charge on any atom is -0.352 e. The van der Waals surface area contributed by atoms with E-state index < -0.39 is 0 Å². The lowest BCUT2D eigenvalue weighted by atomic mass is 9.81. The lowest BCUT2D eigenvalue weighted by molar-refractivity contribution is -0.128. The topological polar surface area (TPSA) is 58.2 Å².